The molecule has 0 spiro atoms. The number of benzene rings is 1. The minimum atomic E-state index is -4.63. The number of halogens is 3. The fraction of sp³-hybridized carbons (Fsp3) is 0.640. The Morgan fingerprint density at radius 1 is 1.11 bits per heavy atom. The highest BCUT2D eigenvalue weighted by Gasteiger charge is 2.44. The fourth-order valence-electron chi connectivity index (χ4n) is 5.79. The molecule has 190 valence electrons. The monoisotopic (exact) mass is 492 g/mol. The lowest BCUT2D eigenvalue weighted by atomic mass is 9.78. The van der Waals surface area contributed by atoms with Crippen LogP contribution in [0.2, 0.25) is 0 Å². The van der Waals surface area contributed by atoms with Gasteiger partial charge in [0.05, 0.1) is 23.1 Å². The molecule has 0 radical (unpaired) electrons. The maximum atomic E-state index is 13.5. The van der Waals surface area contributed by atoms with E-state index in [1.54, 1.807) is 13.1 Å². The number of carbonyl (C=O) groups is 2. The van der Waals surface area contributed by atoms with E-state index in [1.165, 1.54) is 12.1 Å². The third kappa shape index (κ3) is 5.40. The molecule has 1 aromatic rings. The van der Waals surface area contributed by atoms with Gasteiger partial charge in [-0.2, -0.15) is 18.4 Å². The summed E-state index contributed by atoms with van der Waals surface area (Å²) in [7, 11) is 1.57. The van der Waals surface area contributed by atoms with Gasteiger partial charge in [-0.05, 0) is 55.7 Å². The first-order valence-electron chi connectivity index (χ1n) is 12.2. The van der Waals surface area contributed by atoms with Crippen molar-refractivity contribution in [2.24, 2.45) is 23.7 Å². The summed E-state index contributed by atoms with van der Waals surface area (Å²) in [5.41, 5.74) is -1.02. The minimum Gasteiger partial charge on any atom is -0.381 e. The van der Waals surface area contributed by atoms with Crippen molar-refractivity contribution in [2.75, 3.05) is 51.3 Å². The number of hydrogen-bond acceptors (Lipinski definition) is 5. The first kappa shape index (κ1) is 25.3. The quantitative estimate of drug-likeness (QED) is 0.699. The lowest BCUT2D eigenvalue weighted by Gasteiger charge is -2.38. The van der Waals surface area contributed by atoms with E-state index in [1.807, 2.05) is 9.80 Å². The summed E-state index contributed by atoms with van der Waals surface area (Å²) in [6.07, 6.45) is -1.60. The molecule has 0 bridgehead atoms. The molecule has 0 aromatic heterocycles. The Balaban J connectivity index is 1.47. The Kier molecular flexibility index (Phi) is 7.55. The zero-order valence-electron chi connectivity index (χ0n) is 19.8. The second-order valence-electron chi connectivity index (χ2n) is 9.68. The van der Waals surface area contributed by atoms with Gasteiger partial charge in [-0.15, -0.1) is 0 Å². The number of rotatable bonds is 4. The third-order valence-electron chi connectivity index (χ3n) is 7.77. The van der Waals surface area contributed by atoms with E-state index in [4.69, 9.17) is 10.00 Å². The number of piperidine rings is 1. The standard InChI is InChI=1S/C25H31F3N4O3/c1-30-23(33)21-15-32(19-3-2-18(13-29)22(12-19)25(26,27)28)14-20(21)16-4-8-31(9-5-16)24(34)17-6-10-35-11-7-17/h2-3,12,16-17,20-21H,4-11,14-15H2,1H3,(H,30,33)/t20-,21+/m0/s1. The van der Waals surface area contributed by atoms with E-state index in [0.717, 1.165) is 31.7 Å². The lowest BCUT2D eigenvalue weighted by molar-refractivity contribution is -0.140. The van der Waals surface area contributed by atoms with Crippen LogP contribution in [0.3, 0.4) is 0 Å². The van der Waals surface area contributed by atoms with Crippen LogP contribution in [0, 0.1) is 35.0 Å². The molecule has 0 unspecified atom stereocenters. The van der Waals surface area contributed by atoms with Crippen molar-refractivity contribution < 1.29 is 27.5 Å². The summed E-state index contributed by atoms with van der Waals surface area (Å²) >= 11 is 0. The molecule has 3 saturated heterocycles. The largest absolute Gasteiger partial charge is 0.417 e. The molecule has 1 N–H and O–H groups in total. The van der Waals surface area contributed by atoms with Crippen LogP contribution in [0.4, 0.5) is 18.9 Å². The average molecular weight is 493 g/mol. The normalized spacial score (nSPS) is 24.3. The van der Waals surface area contributed by atoms with E-state index < -0.39 is 17.3 Å². The van der Waals surface area contributed by atoms with E-state index in [-0.39, 0.29) is 35.5 Å². The highest BCUT2D eigenvalue weighted by molar-refractivity contribution is 5.80. The van der Waals surface area contributed by atoms with Crippen LogP contribution >= 0.6 is 0 Å². The molecular formula is C25H31F3N4O3. The van der Waals surface area contributed by atoms with Gasteiger partial charge in [0, 0.05) is 58.0 Å². The Bertz CT molecular complexity index is 979. The number of likely N-dealkylation sites (tertiary alicyclic amines) is 1. The topological polar surface area (TPSA) is 85.7 Å². The molecule has 3 fully saturated rings. The molecule has 2 amide bonds. The predicted molar refractivity (Wildman–Crippen MR) is 122 cm³/mol. The second kappa shape index (κ2) is 10.4. The Hall–Kier alpha value is -2.80. The van der Waals surface area contributed by atoms with Crippen LogP contribution in [-0.4, -0.2) is 63.2 Å². The summed E-state index contributed by atoms with van der Waals surface area (Å²) < 4.78 is 45.8. The zero-order chi connectivity index (χ0) is 25.2. The van der Waals surface area contributed by atoms with Crippen molar-refractivity contribution in [3.8, 4) is 6.07 Å². The summed E-state index contributed by atoms with van der Waals surface area (Å²) in [4.78, 5) is 29.3. The molecular weight excluding hydrogens is 461 g/mol. The molecule has 2 atom stereocenters. The van der Waals surface area contributed by atoms with Crippen LogP contribution in [0.15, 0.2) is 18.2 Å². The molecule has 3 heterocycles. The number of alkyl halides is 3. The number of hydrogen-bond donors (Lipinski definition) is 1. The van der Waals surface area contributed by atoms with Gasteiger partial charge in [-0.3, -0.25) is 9.59 Å². The van der Waals surface area contributed by atoms with Gasteiger partial charge in [0.1, 0.15) is 0 Å². The molecule has 0 saturated carbocycles. The molecule has 0 aliphatic carbocycles. The number of nitrogens with one attached hydrogen (secondary N) is 1. The van der Waals surface area contributed by atoms with Gasteiger partial charge in [0.2, 0.25) is 11.8 Å². The maximum Gasteiger partial charge on any atom is 0.417 e. The van der Waals surface area contributed by atoms with E-state index in [0.29, 0.717) is 45.1 Å². The van der Waals surface area contributed by atoms with Crippen molar-refractivity contribution in [1.29, 1.82) is 5.26 Å². The van der Waals surface area contributed by atoms with Crippen LogP contribution in [0.1, 0.15) is 36.8 Å². The predicted octanol–water partition coefficient (Wildman–Crippen LogP) is 3.04. The number of ether oxygens (including phenoxy) is 1. The number of nitriles is 1. The lowest BCUT2D eigenvalue weighted by Crippen LogP contribution is -2.45. The molecule has 35 heavy (non-hydrogen) atoms. The Labute approximate surface area is 203 Å². The number of anilines is 1. The van der Waals surface area contributed by atoms with Crippen LogP contribution < -0.4 is 10.2 Å². The average Bonchev–Trinajstić information content (AvgIpc) is 3.33. The molecule has 10 heteroatoms. The molecule has 4 rings (SSSR count). The Morgan fingerprint density at radius 3 is 2.40 bits per heavy atom. The van der Waals surface area contributed by atoms with Gasteiger partial charge in [0.15, 0.2) is 0 Å². The summed E-state index contributed by atoms with van der Waals surface area (Å²) in [5, 5.41) is 11.8. The van der Waals surface area contributed by atoms with Crippen molar-refractivity contribution in [2.45, 2.75) is 31.9 Å². The summed E-state index contributed by atoms with van der Waals surface area (Å²) in [6.45, 7) is 3.27. The van der Waals surface area contributed by atoms with Crippen molar-refractivity contribution in [1.82, 2.24) is 10.2 Å². The van der Waals surface area contributed by atoms with E-state index in [9.17, 15) is 22.8 Å². The number of amides is 2. The summed E-state index contributed by atoms with van der Waals surface area (Å²) in [6, 6.07) is 5.34. The van der Waals surface area contributed by atoms with Crippen molar-refractivity contribution in [3.05, 3.63) is 29.3 Å². The van der Waals surface area contributed by atoms with E-state index in [2.05, 4.69) is 5.32 Å². The maximum absolute atomic E-state index is 13.5. The highest BCUT2D eigenvalue weighted by atomic mass is 19.4. The smallest absolute Gasteiger partial charge is 0.381 e. The van der Waals surface area contributed by atoms with Crippen LogP contribution in [0.5, 0.6) is 0 Å². The third-order valence-corrected chi connectivity index (χ3v) is 7.77. The zero-order valence-corrected chi connectivity index (χ0v) is 19.8. The molecule has 3 aliphatic heterocycles. The van der Waals surface area contributed by atoms with Crippen molar-refractivity contribution >= 4 is 17.5 Å². The van der Waals surface area contributed by atoms with Crippen LogP contribution in [-0.2, 0) is 20.5 Å². The number of carbonyl (C=O) groups excluding carboxylic acids is 2. The van der Waals surface area contributed by atoms with Gasteiger partial charge < -0.3 is 19.9 Å². The van der Waals surface area contributed by atoms with Gasteiger partial charge in [-0.1, -0.05) is 0 Å². The molecule has 1 aromatic carbocycles. The fourth-order valence-corrected chi connectivity index (χ4v) is 5.79. The molecule has 7 nitrogen and oxygen atoms in total. The molecule has 3 aliphatic rings. The first-order valence-corrected chi connectivity index (χ1v) is 12.2. The first-order chi connectivity index (χ1) is 16.7. The van der Waals surface area contributed by atoms with Gasteiger partial charge in [0.25, 0.3) is 0 Å². The second-order valence-corrected chi connectivity index (χ2v) is 9.68. The van der Waals surface area contributed by atoms with Gasteiger partial charge >= 0.3 is 6.18 Å². The number of nitrogens with zero attached hydrogens (tertiary/aromatic N) is 3. The van der Waals surface area contributed by atoms with Gasteiger partial charge in [-0.25, -0.2) is 0 Å². The van der Waals surface area contributed by atoms with E-state index >= 15 is 0 Å². The van der Waals surface area contributed by atoms with Crippen molar-refractivity contribution in [3.63, 3.8) is 0 Å². The SMILES string of the molecule is CNC(=O)[C@@H]1CN(c2ccc(C#N)c(C(F)(F)F)c2)C[C@H]1C1CCN(C(=O)C2CCOCC2)CC1. The minimum absolute atomic E-state index is 0.0140. The Morgan fingerprint density at radius 2 is 1.80 bits per heavy atom. The summed E-state index contributed by atoms with van der Waals surface area (Å²) in [5.74, 6) is -0.114. The highest BCUT2D eigenvalue weighted by Crippen LogP contribution is 2.40. The van der Waals surface area contributed by atoms with Crippen LogP contribution in [0.25, 0.3) is 0 Å².